The molecular formula is C21H28N4O. The molecule has 1 heterocycles. The fourth-order valence-electron chi connectivity index (χ4n) is 2.89. The van der Waals surface area contributed by atoms with Crippen molar-refractivity contribution in [1.82, 2.24) is 5.32 Å². The van der Waals surface area contributed by atoms with Crippen molar-refractivity contribution in [3.05, 3.63) is 66.4 Å². The standard InChI is InChI=1S/C16H20N2.C5H8N2O/c1-2-13-6-7-14-4-3-5-16(15(14)12-13)18-10-8-17-9-11-18;1-4(6)2-3-5(7)8/h3-7,12,17H,2,8-11H2,1H3;2-3H,1,6H2,(H2,7,8)/b;3-2-. The number of primary amides is 1. The molecule has 5 N–H and O–H groups in total. The number of fused-ring (bicyclic) bond motifs is 1. The highest BCUT2D eigenvalue weighted by molar-refractivity contribution is 5.94. The van der Waals surface area contributed by atoms with Crippen molar-refractivity contribution < 1.29 is 4.79 Å². The van der Waals surface area contributed by atoms with Gasteiger partial charge >= 0.3 is 0 Å². The second-order valence-corrected chi connectivity index (χ2v) is 6.23. The van der Waals surface area contributed by atoms with E-state index < -0.39 is 5.91 Å². The number of anilines is 1. The Kier molecular flexibility index (Phi) is 7.24. The molecule has 1 aliphatic heterocycles. The predicted octanol–water partition coefficient (Wildman–Crippen LogP) is 2.31. The summed E-state index contributed by atoms with van der Waals surface area (Å²) >= 11 is 0. The Hall–Kier alpha value is -2.79. The third-order valence-corrected chi connectivity index (χ3v) is 4.25. The van der Waals surface area contributed by atoms with Crippen LogP contribution in [-0.2, 0) is 11.2 Å². The lowest BCUT2D eigenvalue weighted by molar-refractivity contribution is -0.113. The summed E-state index contributed by atoms with van der Waals surface area (Å²) in [5, 5.41) is 6.17. The zero-order chi connectivity index (χ0) is 18.9. The van der Waals surface area contributed by atoms with E-state index in [0.29, 0.717) is 5.70 Å². The Bertz CT molecular complexity index is 776. The summed E-state index contributed by atoms with van der Waals surface area (Å²) in [6.45, 7) is 9.91. The van der Waals surface area contributed by atoms with Crippen molar-refractivity contribution in [3.8, 4) is 0 Å². The molecule has 0 radical (unpaired) electrons. The van der Waals surface area contributed by atoms with Crippen molar-refractivity contribution in [2.24, 2.45) is 11.5 Å². The number of nitrogens with two attached hydrogens (primary N) is 2. The van der Waals surface area contributed by atoms with Gasteiger partial charge in [0.1, 0.15) is 0 Å². The Morgan fingerprint density at radius 2 is 1.92 bits per heavy atom. The summed E-state index contributed by atoms with van der Waals surface area (Å²) in [5.74, 6) is -0.517. The Balaban J connectivity index is 0.000000260. The molecule has 138 valence electrons. The van der Waals surface area contributed by atoms with E-state index >= 15 is 0 Å². The van der Waals surface area contributed by atoms with E-state index in [-0.39, 0.29) is 0 Å². The maximum absolute atomic E-state index is 9.94. The molecule has 5 nitrogen and oxygen atoms in total. The monoisotopic (exact) mass is 352 g/mol. The number of hydrogen-bond donors (Lipinski definition) is 3. The second-order valence-electron chi connectivity index (χ2n) is 6.23. The second kappa shape index (κ2) is 9.63. The molecule has 5 heteroatoms. The van der Waals surface area contributed by atoms with Crippen molar-refractivity contribution in [2.45, 2.75) is 13.3 Å². The van der Waals surface area contributed by atoms with Gasteiger partial charge in [-0.05, 0) is 35.6 Å². The Morgan fingerprint density at radius 1 is 1.19 bits per heavy atom. The number of carbonyl (C=O) groups excluding carboxylic acids is 1. The van der Waals surface area contributed by atoms with Crippen LogP contribution in [-0.4, -0.2) is 32.1 Å². The fraction of sp³-hybridized carbons (Fsp3) is 0.286. The van der Waals surface area contributed by atoms with E-state index in [9.17, 15) is 4.79 Å². The van der Waals surface area contributed by atoms with E-state index in [1.165, 1.54) is 28.1 Å². The van der Waals surface area contributed by atoms with Crippen molar-refractivity contribution in [3.63, 3.8) is 0 Å². The van der Waals surface area contributed by atoms with E-state index in [4.69, 9.17) is 11.5 Å². The summed E-state index contributed by atoms with van der Waals surface area (Å²) in [6.07, 6.45) is 3.61. The number of hydrogen-bond acceptors (Lipinski definition) is 4. The van der Waals surface area contributed by atoms with Gasteiger partial charge in [-0.15, -0.1) is 0 Å². The number of aryl methyl sites for hydroxylation is 1. The normalized spacial score (nSPS) is 14.1. The topological polar surface area (TPSA) is 84.4 Å². The summed E-state index contributed by atoms with van der Waals surface area (Å²) in [4.78, 5) is 12.4. The molecular weight excluding hydrogens is 324 g/mol. The van der Waals surface area contributed by atoms with Crippen LogP contribution in [0, 0.1) is 0 Å². The van der Waals surface area contributed by atoms with Crippen molar-refractivity contribution in [1.29, 1.82) is 0 Å². The lowest BCUT2D eigenvalue weighted by atomic mass is 10.0. The maximum atomic E-state index is 9.94. The van der Waals surface area contributed by atoms with Gasteiger partial charge in [0.2, 0.25) is 5.91 Å². The first-order valence-electron chi connectivity index (χ1n) is 8.90. The van der Waals surface area contributed by atoms with Gasteiger partial charge in [-0.25, -0.2) is 0 Å². The smallest absolute Gasteiger partial charge is 0.241 e. The minimum atomic E-state index is -0.517. The van der Waals surface area contributed by atoms with Crippen LogP contribution in [0.3, 0.4) is 0 Å². The van der Waals surface area contributed by atoms with Crippen LogP contribution in [0.25, 0.3) is 10.8 Å². The van der Waals surface area contributed by atoms with Gasteiger partial charge in [0.25, 0.3) is 0 Å². The minimum absolute atomic E-state index is 0.323. The largest absolute Gasteiger partial charge is 0.399 e. The highest BCUT2D eigenvalue weighted by atomic mass is 16.1. The Morgan fingerprint density at radius 3 is 2.50 bits per heavy atom. The molecule has 0 aliphatic carbocycles. The quantitative estimate of drug-likeness (QED) is 0.582. The molecule has 1 aliphatic rings. The molecule has 2 aromatic carbocycles. The van der Waals surface area contributed by atoms with Gasteiger partial charge < -0.3 is 21.7 Å². The van der Waals surface area contributed by atoms with Gasteiger partial charge in [0.05, 0.1) is 0 Å². The summed E-state index contributed by atoms with van der Waals surface area (Å²) < 4.78 is 0. The van der Waals surface area contributed by atoms with Gasteiger partial charge in [-0.1, -0.05) is 37.8 Å². The highest BCUT2D eigenvalue weighted by Gasteiger charge is 2.12. The minimum Gasteiger partial charge on any atom is -0.399 e. The van der Waals surface area contributed by atoms with Gasteiger partial charge in [-0.2, -0.15) is 0 Å². The first-order chi connectivity index (χ1) is 12.5. The zero-order valence-electron chi connectivity index (χ0n) is 15.4. The number of carbonyl (C=O) groups is 1. The summed E-state index contributed by atoms with van der Waals surface area (Å²) in [7, 11) is 0. The predicted molar refractivity (Wildman–Crippen MR) is 110 cm³/mol. The molecule has 0 saturated carbocycles. The molecule has 26 heavy (non-hydrogen) atoms. The maximum Gasteiger partial charge on any atom is 0.241 e. The van der Waals surface area contributed by atoms with Gasteiger partial charge in [0.15, 0.2) is 0 Å². The molecule has 0 spiro atoms. The zero-order valence-corrected chi connectivity index (χ0v) is 15.4. The first-order valence-corrected chi connectivity index (χ1v) is 8.90. The average Bonchev–Trinajstić information content (AvgIpc) is 2.66. The lowest BCUT2D eigenvalue weighted by Gasteiger charge is -2.30. The number of rotatable bonds is 4. The first kappa shape index (κ1) is 19.5. The molecule has 0 aromatic heterocycles. The molecule has 1 amide bonds. The van der Waals surface area contributed by atoms with Crippen LogP contribution in [0.2, 0.25) is 0 Å². The number of nitrogens with zero attached hydrogens (tertiary/aromatic N) is 1. The third-order valence-electron chi connectivity index (χ3n) is 4.25. The third kappa shape index (κ3) is 5.63. The highest BCUT2D eigenvalue weighted by Crippen LogP contribution is 2.28. The fourth-order valence-corrected chi connectivity index (χ4v) is 2.89. The average molecular weight is 352 g/mol. The molecule has 1 fully saturated rings. The van der Waals surface area contributed by atoms with Gasteiger partial charge in [0, 0.05) is 49.0 Å². The number of amides is 1. The summed E-state index contributed by atoms with van der Waals surface area (Å²) in [5.41, 5.74) is 12.9. The molecule has 1 saturated heterocycles. The molecule has 2 aromatic rings. The molecule has 0 unspecified atom stereocenters. The van der Waals surface area contributed by atoms with Crippen LogP contribution < -0.4 is 21.7 Å². The number of nitrogens with one attached hydrogen (secondary N) is 1. The number of piperazine rings is 1. The van der Waals surface area contributed by atoms with Crippen LogP contribution in [0.15, 0.2) is 60.8 Å². The SMILES string of the molecule is C=C(N)/C=C\C(N)=O.CCc1ccc2cccc(N3CCNCC3)c2c1. The van der Waals surface area contributed by atoms with E-state index in [1.54, 1.807) is 0 Å². The van der Waals surface area contributed by atoms with Crippen LogP contribution in [0.4, 0.5) is 5.69 Å². The van der Waals surface area contributed by atoms with Crippen LogP contribution in [0.5, 0.6) is 0 Å². The molecule has 0 bridgehead atoms. The molecule has 3 rings (SSSR count). The van der Waals surface area contributed by atoms with Gasteiger partial charge in [-0.3, -0.25) is 4.79 Å². The van der Waals surface area contributed by atoms with E-state index in [0.717, 1.165) is 38.7 Å². The number of allylic oxidation sites excluding steroid dienone is 1. The van der Waals surface area contributed by atoms with Crippen LogP contribution in [0.1, 0.15) is 12.5 Å². The van der Waals surface area contributed by atoms with Crippen LogP contribution >= 0.6 is 0 Å². The van der Waals surface area contributed by atoms with E-state index in [1.807, 2.05) is 0 Å². The lowest BCUT2D eigenvalue weighted by Crippen LogP contribution is -2.43. The van der Waals surface area contributed by atoms with Crippen molar-refractivity contribution in [2.75, 3.05) is 31.1 Å². The number of benzene rings is 2. The van der Waals surface area contributed by atoms with Crippen molar-refractivity contribution >= 4 is 22.4 Å². The summed E-state index contributed by atoms with van der Waals surface area (Å²) in [6, 6.07) is 13.5. The molecule has 0 atom stereocenters. The Labute approximate surface area is 155 Å². The van der Waals surface area contributed by atoms with E-state index in [2.05, 4.69) is 60.1 Å².